The van der Waals surface area contributed by atoms with Gasteiger partial charge in [0.1, 0.15) is 0 Å². The minimum absolute atomic E-state index is 0.185. The quantitative estimate of drug-likeness (QED) is 0.937. The molecule has 0 saturated carbocycles. The van der Waals surface area contributed by atoms with Crippen LogP contribution in [0.2, 0.25) is 10.3 Å². The zero-order valence-corrected chi connectivity index (χ0v) is 11.1. The van der Waals surface area contributed by atoms with Gasteiger partial charge in [0.05, 0.1) is 10.5 Å². The molecule has 7 heteroatoms. The van der Waals surface area contributed by atoms with Crippen molar-refractivity contribution in [2.24, 2.45) is 0 Å². The van der Waals surface area contributed by atoms with Crippen LogP contribution in [0, 0.1) is 0 Å². The van der Waals surface area contributed by atoms with E-state index in [0.717, 1.165) is 0 Å². The van der Waals surface area contributed by atoms with Crippen LogP contribution in [0.1, 0.15) is 10.4 Å². The molecule has 0 bridgehead atoms. The third kappa shape index (κ3) is 2.93. The molecule has 1 N–H and O–H groups in total. The predicted octanol–water partition coefficient (Wildman–Crippen LogP) is 3.63. The summed E-state index contributed by atoms with van der Waals surface area (Å²) in [6, 6.07) is 8.17. The number of hydrogen-bond donors (Lipinski definition) is 1. The average Bonchev–Trinajstić information content (AvgIpc) is 2.34. The maximum atomic E-state index is 11.1. The van der Waals surface area contributed by atoms with Crippen LogP contribution in [-0.4, -0.2) is 21.3 Å². The lowest BCUT2D eigenvalue weighted by Crippen LogP contribution is -1.98. The fraction of sp³-hybridized carbons (Fsp3) is 0. The molecule has 1 heterocycles. The highest BCUT2D eigenvalue weighted by atomic mass is 35.5. The van der Waals surface area contributed by atoms with E-state index in [4.69, 9.17) is 28.3 Å². The van der Waals surface area contributed by atoms with E-state index < -0.39 is 5.97 Å². The van der Waals surface area contributed by atoms with Crippen LogP contribution < -0.4 is 0 Å². The Morgan fingerprint density at radius 3 is 2.61 bits per heavy atom. The van der Waals surface area contributed by atoms with E-state index in [-0.39, 0.29) is 15.9 Å². The predicted molar refractivity (Wildman–Crippen MR) is 69.6 cm³/mol. The molecule has 0 aliphatic rings. The molecule has 0 spiro atoms. The SMILES string of the molecule is O=C(O)c1ccccc1Sc1cc(Cl)nnc1Cl. The van der Waals surface area contributed by atoms with Crippen LogP contribution in [-0.2, 0) is 0 Å². The molecule has 0 radical (unpaired) electrons. The smallest absolute Gasteiger partial charge is 0.336 e. The van der Waals surface area contributed by atoms with Gasteiger partial charge in [0, 0.05) is 4.90 Å². The largest absolute Gasteiger partial charge is 0.478 e. The molecular formula is C11H6Cl2N2O2S. The summed E-state index contributed by atoms with van der Waals surface area (Å²) in [6.45, 7) is 0. The first-order valence-electron chi connectivity index (χ1n) is 4.77. The van der Waals surface area contributed by atoms with Gasteiger partial charge in [-0.15, -0.1) is 10.2 Å². The van der Waals surface area contributed by atoms with Gasteiger partial charge in [0.15, 0.2) is 10.3 Å². The molecule has 1 aromatic carbocycles. The highest BCUT2D eigenvalue weighted by Crippen LogP contribution is 2.34. The minimum atomic E-state index is -0.998. The van der Waals surface area contributed by atoms with Crippen molar-refractivity contribution in [1.29, 1.82) is 0 Å². The molecule has 2 aromatic rings. The van der Waals surface area contributed by atoms with Crippen molar-refractivity contribution in [1.82, 2.24) is 10.2 Å². The number of benzene rings is 1. The fourth-order valence-electron chi connectivity index (χ4n) is 1.26. The van der Waals surface area contributed by atoms with Crippen molar-refractivity contribution in [3.05, 3.63) is 46.2 Å². The second kappa shape index (κ2) is 5.56. The third-order valence-corrected chi connectivity index (χ3v) is 3.71. The van der Waals surface area contributed by atoms with Gasteiger partial charge in [0.2, 0.25) is 0 Å². The van der Waals surface area contributed by atoms with Crippen LogP contribution >= 0.6 is 35.0 Å². The van der Waals surface area contributed by atoms with Crippen molar-refractivity contribution in [3.63, 3.8) is 0 Å². The Balaban J connectivity index is 2.40. The average molecular weight is 301 g/mol. The monoisotopic (exact) mass is 300 g/mol. The Morgan fingerprint density at radius 1 is 1.17 bits per heavy atom. The first-order chi connectivity index (χ1) is 8.58. The molecular weight excluding hydrogens is 295 g/mol. The van der Waals surface area contributed by atoms with Crippen LogP contribution in [0.4, 0.5) is 0 Å². The summed E-state index contributed by atoms with van der Waals surface area (Å²) >= 11 is 12.8. The number of carbonyl (C=O) groups is 1. The molecule has 0 aliphatic heterocycles. The van der Waals surface area contributed by atoms with Crippen molar-refractivity contribution < 1.29 is 9.90 Å². The van der Waals surface area contributed by atoms with Gasteiger partial charge in [0.25, 0.3) is 0 Å². The van der Waals surface area contributed by atoms with E-state index in [0.29, 0.717) is 9.79 Å². The van der Waals surface area contributed by atoms with Gasteiger partial charge in [-0.25, -0.2) is 4.79 Å². The van der Waals surface area contributed by atoms with E-state index >= 15 is 0 Å². The first kappa shape index (κ1) is 13.1. The van der Waals surface area contributed by atoms with Crippen LogP contribution in [0.5, 0.6) is 0 Å². The minimum Gasteiger partial charge on any atom is -0.478 e. The van der Waals surface area contributed by atoms with E-state index in [1.54, 1.807) is 24.3 Å². The summed E-state index contributed by atoms with van der Waals surface area (Å²) in [5.41, 5.74) is 0.200. The van der Waals surface area contributed by atoms with E-state index in [9.17, 15) is 4.79 Å². The van der Waals surface area contributed by atoms with Gasteiger partial charge in [-0.1, -0.05) is 47.1 Å². The molecule has 0 atom stereocenters. The molecule has 0 saturated heterocycles. The van der Waals surface area contributed by atoms with Crippen molar-refractivity contribution >= 4 is 40.9 Å². The molecule has 0 fully saturated rings. The van der Waals surface area contributed by atoms with Crippen molar-refractivity contribution in [3.8, 4) is 0 Å². The van der Waals surface area contributed by atoms with Gasteiger partial charge >= 0.3 is 5.97 Å². The molecule has 0 unspecified atom stereocenters. The molecule has 2 rings (SSSR count). The number of nitrogens with zero attached hydrogens (tertiary/aromatic N) is 2. The zero-order valence-electron chi connectivity index (χ0n) is 8.80. The summed E-state index contributed by atoms with van der Waals surface area (Å²) in [4.78, 5) is 12.2. The maximum absolute atomic E-state index is 11.1. The lowest BCUT2D eigenvalue weighted by molar-refractivity contribution is 0.0693. The third-order valence-electron chi connectivity index (χ3n) is 2.02. The number of hydrogen-bond acceptors (Lipinski definition) is 4. The first-order valence-corrected chi connectivity index (χ1v) is 6.34. The Hall–Kier alpha value is -1.30. The topological polar surface area (TPSA) is 63.1 Å². The van der Waals surface area contributed by atoms with Gasteiger partial charge in [-0.05, 0) is 18.2 Å². The fourth-order valence-corrected chi connectivity index (χ4v) is 2.62. The lowest BCUT2D eigenvalue weighted by atomic mass is 10.2. The second-order valence-corrected chi connectivity index (χ2v) is 5.05. The highest BCUT2D eigenvalue weighted by Gasteiger charge is 2.13. The Labute approximate surface area is 117 Å². The number of carboxylic acid groups (broad SMARTS) is 1. The Kier molecular flexibility index (Phi) is 4.06. The highest BCUT2D eigenvalue weighted by molar-refractivity contribution is 7.99. The van der Waals surface area contributed by atoms with Crippen molar-refractivity contribution in [2.45, 2.75) is 9.79 Å². The molecule has 4 nitrogen and oxygen atoms in total. The van der Waals surface area contributed by atoms with E-state index in [2.05, 4.69) is 10.2 Å². The summed E-state index contributed by atoms with van der Waals surface area (Å²) in [6.07, 6.45) is 0. The molecule has 92 valence electrons. The van der Waals surface area contributed by atoms with Crippen molar-refractivity contribution in [2.75, 3.05) is 0 Å². The Bertz CT molecular complexity index is 607. The summed E-state index contributed by atoms with van der Waals surface area (Å²) in [7, 11) is 0. The van der Waals surface area contributed by atoms with E-state index in [1.807, 2.05) is 0 Å². The van der Waals surface area contributed by atoms with E-state index in [1.165, 1.54) is 17.8 Å². The van der Waals surface area contributed by atoms with Crippen LogP contribution in [0.15, 0.2) is 40.1 Å². The number of halogens is 2. The summed E-state index contributed by atoms with van der Waals surface area (Å²) < 4.78 is 0. The normalized spacial score (nSPS) is 10.3. The number of carboxylic acids is 1. The second-order valence-electron chi connectivity index (χ2n) is 3.23. The lowest BCUT2D eigenvalue weighted by Gasteiger charge is -2.06. The molecule has 0 amide bonds. The number of rotatable bonds is 3. The maximum Gasteiger partial charge on any atom is 0.336 e. The summed E-state index contributed by atoms with van der Waals surface area (Å²) in [5, 5.41) is 16.7. The van der Waals surface area contributed by atoms with Crippen LogP contribution in [0.25, 0.3) is 0 Å². The zero-order chi connectivity index (χ0) is 13.1. The van der Waals surface area contributed by atoms with Gasteiger partial charge in [-0.3, -0.25) is 0 Å². The molecule has 18 heavy (non-hydrogen) atoms. The van der Waals surface area contributed by atoms with Gasteiger partial charge < -0.3 is 5.11 Å². The van der Waals surface area contributed by atoms with Crippen LogP contribution in [0.3, 0.4) is 0 Å². The summed E-state index contributed by atoms with van der Waals surface area (Å²) in [5.74, 6) is -0.998. The molecule has 0 aliphatic carbocycles. The van der Waals surface area contributed by atoms with Gasteiger partial charge in [-0.2, -0.15) is 0 Å². The Morgan fingerprint density at radius 2 is 1.89 bits per heavy atom. The molecule has 1 aromatic heterocycles. The number of aromatic carboxylic acids is 1. The number of aromatic nitrogens is 2. The standard InChI is InChI=1S/C11H6Cl2N2O2S/c12-9-5-8(10(13)15-14-9)18-7-4-2-1-3-6(7)11(16)17/h1-5H,(H,16,17).